The maximum absolute atomic E-state index is 11.8. The minimum atomic E-state index is -1.00. The number of thioether (sulfide) groups is 1. The molecular weight excluding hydrogens is 510 g/mol. The van der Waals surface area contributed by atoms with Crippen molar-refractivity contribution in [1.29, 1.82) is 0 Å². The van der Waals surface area contributed by atoms with Gasteiger partial charge in [-0.3, -0.25) is 9.59 Å². The predicted molar refractivity (Wildman–Crippen MR) is 138 cm³/mol. The summed E-state index contributed by atoms with van der Waals surface area (Å²) in [6, 6.07) is 15.3. The number of carboxylic acid groups (broad SMARTS) is 1. The minimum Gasteiger partial charge on any atom is -0.481 e. The van der Waals surface area contributed by atoms with Crippen molar-refractivity contribution in [3.05, 3.63) is 70.8 Å². The van der Waals surface area contributed by atoms with Gasteiger partial charge in [0.15, 0.2) is 6.29 Å². The molecule has 4 atom stereocenters. The summed E-state index contributed by atoms with van der Waals surface area (Å²) in [4.78, 5) is 22.5. The maximum Gasteiger partial charge on any atom is 0.303 e. The lowest BCUT2D eigenvalue weighted by molar-refractivity contribution is -0.268. The molecule has 1 saturated heterocycles. The number of rotatable bonds is 11. The molecule has 12 heteroatoms. The molecule has 2 aromatic carbocycles. The smallest absolute Gasteiger partial charge is 0.303 e. The van der Waals surface area contributed by atoms with Gasteiger partial charge >= 0.3 is 5.97 Å². The van der Waals surface area contributed by atoms with E-state index in [1.54, 1.807) is 11.7 Å². The molecule has 1 aliphatic rings. The zero-order chi connectivity index (χ0) is 27.1. The van der Waals surface area contributed by atoms with Gasteiger partial charge in [-0.15, -0.1) is 5.10 Å². The molecule has 0 bridgehead atoms. The lowest BCUT2D eigenvalue weighted by Crippen LogP contribution is -2.38. The quantitative estimate of drug-likeness (QED) is 0.309. The van der Waals surface area contributed by atoms with Crippen molar-refractivity contribution in [3.63, 3.8) is 0 Å². The average molecular weight is 542 g/mol. The van der Waals surface area contributed by atoms with Crippen molar-refractivity contribution in [2.75, 3.05) is 5.75 Å². The van der Waals surface area contributed by atoms with Crippen LogP contribution in [0.4, 0.5) is 0 Å². The van der Waals surface area contributed by atoms with E-state index in [1.165, 1.54) is 11.8 Å². The van der Waals surface area contributed by atoms with Crippen LogP contribution in [0.3, 0.4) is 0 Å². The van der Waals surface area contributed by atoms with Crippen LogP contribution in [0.2, 0.25) is 0 Å². The van der Waals surface area contributed by atoms with Crippen molar-refractivity contribution in [2.24, 2.45) is 13.0 Å². The van der Waals surface area contributed by atoms with Gasteiger partial charge in [-0.25, -0.2) is 4.68 Å². The van der Waals surface area contributed by atoms with Crippen LogP contribution >= 0.6 is 11.8 Å². The van der Waals surface area contributed by atoms with E-state index in [1.807, 2.05) is 48.5 Å². The highest BCUT2D eigenvalue weighted by molar-refractivity contribution is 7.99. The van der Waals surface area contributed by atoms with Crippen molar-refractivity contribution in [1.82, 2.24) is 25.5 Å². The molecule has 38 heavy (non-hydrogen) atoms. The van der Waals surface area contributed by atoms with Crippen LogP contribution in [-0.2, 0) is 39.3 Å². The number of aliphatic carboxylic acids is 1. The van der Waals surface area contributed by atoms with E-state index in [4.69, 9.17) is 14.6 Å². The molecule has 1 fully saturated rings. The summed E-state index contributed by atoms with van der Waals surface area (Å²) in [5.41, 5.74) is 3.54. The summed E-state index contributed by atoms with van der Waals surface area (Å²) in [6.45, 7) is 2.37. The number of tetrazole rings is 1. The fourth-order valence-corrected chi connectivity index (χ4v) is 5.13. The molecule has 3 N–H and O–H groups in total. The molecule has 1 amide bonds. The van der Waals surface area contributed by atoms with Crippen LogP contribution in [0.1, 0.15) is 54.4 Å². The van der Waals surface area contributed by atoms with Crippen LogP contribution in [0.25, 0.3) is 0 Å². The second kappa shape index (κ2) is 13.0. The molecule has 2 heterocycles. The monoisotopic (exact) mass is 541 g/mol. The second-order valence-corrected chi connectivity index (χ2v) is 10.1. The highest BCUT2D eigenvalue weighted by Gasteiger charge is 2.38. The van der Waals surface area contributed by atoms with Gasteiger partial charge in [-0.2, -0.15) is 0 Å². The number of carbonyl (C=O) groups excluding carboxylic acids is 1. The molecule has 0 saturated carbocycles. The Balaban J connectivity index is 1.47. The van der Waals surface area contributed by atoms with Gasteiger partial charge in [0, 0.05) is 37.2 Å². The number of nitrogens with zero attached hydrogens (tertiary/aromatic N) is 4. The van der Waals surface area contributed by atoms with E-state index >= 15 is 0 Å². The van der Waals surface area contributed by atoms with Crippen molar-refractivity contribution in [2.45, 2.75) is 56.6 Å². The zero-order valence-corrected chi connectivity index (χ0v) is 22.0. The number of aliphatic hydroxyl groups is 1. The topological polar surface area (TPSA) is 149 Å². The first-order valence-corrected chi connectivity index (χ1v) is 13.3. The molecule has 1 aliphatic heterocycles. The van der Waals surface area contributed by atoms with E-state index < -0.39 is 12.3 Å². The highest BCUT2D eigenvalue weighted by atomic mass is 32.2. The minimum absolute atomic E-state index is 0.0234. The molecule has 0 spiro atoms. The van der Waals surface area contributed by atoms with Gasteiger partial charge < -0.3 is 25.0 Å². The summed E-state index contributed by atoms with van der Waals surface area (Å²) in [5.74, 6) is -0.655. The average Bonchev–Trinajstić information content (AvgIpc) is 3.35. The Morgan fingerprint density at radius 1 is 1.03 bits per heavy atom. The Morgan fingerprint density at radius 3 is 2.34 bits per heavy atom. The molecule has 4 rings (SSSR count). The van der Waals surface area contributed by atoms with Gasteiger partial charge in [0.25, 0.3) is 0 Å². The van der Waals surface area contributed by atoms with Crippen LogP contribution in [-0.4, -0.2) is 54.2 Å². The summed E-state index contributed by atoms with van der Waals surface area (Å²) in [5, 5.41) is 33.2. The van der Waals surface area contributed by atoms with E-state index in [0.717, 1.165) is 22.3 Å². The first kappa shape index (κ1) is 27.7. The van der Waals surface area contributed by atoms with Crippen molar-refractivity contribution in [3.8, 4) is 0 Å². The number of carbonyl (C=O) groups is 2. The van der Waals surface area contributed by atoms with Crippen molar-refractivity contribution >= 4 is 23.6 Å². The Hall–Kier alpha value is -3.32. The number of carboxylic acids is 1. The second-order valence-electron chi connectivity index (χ2n) is 9.13. The summed E-state index contributed by atoms with van der Waals surface area (Å²) in [7, 11) is 1.79. The fourth-order valence-electron chi connectivity index (χ4n) is 4.11. The molecule has 0 unspecified atom stereocenters. The highest BCUT2D eigenvalue weighted by Crippen LogP contribution is 2.42. The van der Waals surface area contributed by atoms with Gasteiger partial charge in [-0.1, -0.05) is 67.2 Å². The molecule has 202 valence electrons. The van der Waals surface area contributed by atoms with E-state index in [2.05, 4.69) is 27.8 Å². The number of aryl methyl sites for hydroxylation is 1. The fraction of sp³-hybridized carbons (Fsp3) is 0.423. The molecule has 3 aromatic rings. The van der Waals surface area contributed by atoms with Crippen LogP contribution < -0.4 is 5.32 Å². The molecule has 0 aliphatic carbocycles. The number of ether oxygens (including phenoxy) is 2. The number of aromatic nitrogens is 4. The standard InChI is InChI=1S/C26H31N5O6S/c1-16-21(15-38-26-28-29-30-31(26)2)36-25(37-24(16)19-7-5-18(14-32)6-8-19)20-9-3-17(4-10-20)13-27-22(33)11-12-23(34)35/h3-10,16,21,24-25,32H,11-15H2,1-2H3,(H,27,33)(H,34,35)/t16-,21+,24+,25+/m0/s1. The SMILES string of the molecule is C[C@H]1[C@@H](CSc2nnnn2C)O[C@@H](c2ccc(CNC(=O)CCC(=O)O)cc2)O[C@H]1c1ccc(CO)cc1. The summed E-state index contributed by atoms with van der Waals surface area (Å²) >= 11 is 1.52. The molecule has 1 aromatic heterocycles. The lowest BCUT2D eigenvalue weighted by atomic mass is 9.91. The summed E-state index contributed by atoms with van der Waals surface area (Å²) < 4.78 is 14.5. The first-order valence-electron chi connectivity index (χ1n) is 12.3. The number of benzene rings is 2. The number of amides is 1. The van der Waals surface area contributed by atoms with Gasteiger partial charge in [0.2, 0.25) is 11.1 Å². The molecule has 11 nitrogen and oxygen atoms in total. The third-order valence-electron chi connectivity index (χ3n) is 6.39. The van der Waals surface area contributed by atoms with Gasteiger partial charge in [0.1, 0.15) is 0 Å². The van der Waals surface area contributed by atoms with E-state index in [-0.39, 0.29) is 43.5 Å². The molecule has 0 radical (unpaired) electrons. The normalized spacial score (nSPS) is 21.2. The van der Waals surface area contributed by atoms with Crippen LogP contribution in [0.15, 0.2) is 53.7 Å². The van der Waals surface area contributed by atoms with Crippen molar-refractivity contribution < 1.29 is 29.3 Å². The maximum atomic E-state index is 11.8. The Morgan fingerprint density at radius 2 is 1.71 bits per heavy atom. The van der Waals surface area contributed by atoms with E-state index in [9.17, 15) is 14.7 Å². The lowest BCUT2D eigenvalue weighted by Gasteiger charge is -2.41. The van der Waals surface area contributed by atoms with Gasteiger partial charge in [0.05, 0.1) is 25.2 Å². The Labute approximate surface area is 224 Å². The predicted octanol–water partition coefficient (Wildman–Crippen LogP) is 2.77. The number of nitrogens with one attached hydrogen (secondary N) is 1. The zero-order valence-electron chi connectivity index (χ0n) is 21.2. The van der Waals surface area contributed by atoms with Crippen LogP contribution in [0.5, 0.6) is 0 Å². The third-order valence-corrected chi connectivity index (χ3v) is 7.49. The third kappa shape index (κ3) is 7.16. The first-order chi connectivity index (χ1) is 18.3. The van der Waals surface area contributed by atoms with Gasteiger partial charge in [-0.05, 0) is 27.1 Å². The largest absolute Gasteiger partial charge is 0.481 e. The number of hydrogen-bond donors (Lipinski definition) is 3. The summed E-state index contributed by atoms with van der Waals surface area (Å²) in [6.07, 6.45) is -1.27. The van der Waals surface area contributed by atoms with E-state index in [0.29, 0.717) is 17.5 Å². The molecular formula is C26H31N5O6S. The Bertz CT molecular complexity index is 1220. The number of aliphatic hydroxyl groups excluding tert-OH is 1. The number of hydrogen-bond acceptors (Lipinski definition) is 9. The van der Waals surface area contributed by atoms with Crippen LogP contribution in [0, 0.1) is 5.92 Å². The Kier molecular flexibility index (Phi) is 9.45.